The summed E-state index contributed by atoms with van der Waals surface area (Å²) in [7, 11) is 1.48. The molecule has 0 spiro atoms. The zero-order valence-electron chi connectivity index (χ0n) is 13.6. The Bertz CT molecular complexity index is 611. The summed E-state index contributed by atoms with van der Waals surface area (Å²) in [6, 6.07) is 3.35. The predicted molar refractivity (Wildman–Crippen MR) is 89.4 cm³/mol. The fourth-order valence-electron chi connectivity index (χ4n) is 2.98. The summed E-state index contributed by atoms with van der Waals surface area (Å²) in [4.78, 5) is 12.7. The summed E-state index contributed by atoms with van der Waals surface area (Å²) < 4.78 is 5.11. The van der Waals surface area contributed by atoms with Crippen molar-refractivity contribution in [2.75, 3.05) is 7.11 Å². The molecule has 1 aromatic rings. The van der Waals surface area contributed by atoms with Crippen LogP contribution in [0.3, 0.4) is 0 Å². The summed E-state index contributed by atoms with van der Waals surface area (Å²) in [5.41, 5.74) is 1.58. The molecule has 0 heterocycles. The Balaban J connectivity index is 2.36. The number of carbonyl (C=O) groups excluding carboxylic acids is 1. The molecule has 1 aromatic carbocycles. The summed E-state index contributed by atoms with van der Waals surface area (Å²) in [6.45, 7) is 6.33. The molecule has 1 aliphatic carbocycles. The van der Waals surface area contributed by atoms with Crippen molar-refractivity contribution >= 4 is 23.5 Å². The maximum absolute atomic E-state index is 12.7. The molecule has 0 saturated heterocycles. The van der Waals surface area contributed by atoms with Crippen molar-refractivity contribution < 1.29 is 14.6 Å². The highest BCUT2D eigenvalue weighted by atomic mass is 35.5. The Labute approximate surface area is 136 Å². The Morgan fingerprint density at radius 1 is 1.36 bits per heavy atom. The van der Waals surface area contributed by atoms with Crippen molar-refractivity contribution in [2.45, 2.75) is 40.0 Å². The van der Waals surface area contributed by atoms with Crippen LogP contribution in [0.4, 0.5) is 0 Å². The Hall–Kier alpha value is -1.48. The number of benzene rings is 1. The van der Waals surface area contributed by atoms with Gasteiger partial charge in [0.2, 0.25) is 0 Å². The average molecular weight is 323 g/mol. The first kappa shape index (κ1) is 16.9. The van der Waals surface area contributed by atoms with E-state index in [2.05, 4.69) is 20.8 Å². The highest BCUT2D eigenvalue weighted by molar-refractivity contribution is 6.32. The van der Waals surface area contributed by atoms with Gasteiger partial charge in [-0.2, -0.15) is 0 Å². The molecule has 0 amide bonds. The lowest BCUT2D eigenvalue weighted by Crippen LogP contribution is -2.32. The SMILES string of the molecule is COc1cc(/C=C2\CCC[C@@H](C(C)(C)C)C2=O)cc(Cl)c1O. The molecule has 0 aromatic heterocycles. The van der Waals surface area contributed by atoms with Crippen molar-refractivity contribution in [3.8, 4) is 11.5 Å². The number of ketones is 1. The van der Waals surface area contributed by atoms with Crippen LogP contribution < -0.4 is 4.74 Å². The van der Waals surface area contributed by atoms with Gasteiger partial charge >= 0.3 is 0 Å². The topological polar surface area (TPSA) is 46.5 Å². The Kier molecular flexibility index (Phi) is 4.86. The minimum Gasteiger partial charge on any atom is -0.503 e. The second-order valence-corrected chi connectivity index (χ2v) is 7.31. The molecular weight excluding hydrogens is 300 g/mol. The van der Waals surface area contributed by atoms with Crippen molar-refractivity contribution in [1.29, 1.82) is 0 Å². The maximum Gasteiger partial charge on any atom is 0.176 e. The predicted octanol–water partition coefficient (Wildman–Crippen LogP) is 4.85. The van der Waals surface area contributed by atoms with Crippen LogP contribution in [0.15, 0.2) is 17.7 Å². The number of Topliss-reactive ketones (excluding diaryl/α,β-unsaturated/α-hetero) is 1. The molecular formula is C18H23ClO3. The van der Waals surface area contributed by atoms with Gasteiger partial charge in [0, 0.05) is 5.92 Å². The first-order chi connectivity index (χ1) is 10.2. The lowest BCUT2D eigenvalue weighted by molar-refractivity contribution is -0.123. The van der Waals surface area contributed by atoms with Gasteiger partial charge in [-0.25, -0.2) is 0 Å². The molecule has 0 radical (unpaired) electrons. The van der Waals surface area contributed by atoms with Crippen molar-refractivity contribution in [2.24, 2.45) is 11.3 Å². The highest BCUT2D eigenvalue weighted by Gasteiger charge is 2.35. The van der Waals surface area contributed by atoms with Crippen LogP contribution in [-0.4, -0.2) is 18.0 Å². The molecule has 120 valence electrons. The molecule has 0 aliphatic heterocycles. The third-order valence-corrected chi connectivity index (χ3v) is 4.52. The summed E-state index contributed by atoms with van der Waals surface area (Å²) in [5, 5.41) is 10.0. The smallest absolute Gasteiger partial charge is 0.176 e. The molecule has 0 bridgehead atoms. The van der Waals surface area contributed by atoms with Gasteiger partial charge in [0.25, 0.3) is 0 Å². The fourth-order valence-corrected chi connectivity index (χ4v) is 3.20. The van der Waals surface area contributed by atoms with Gasteiger partial charge in [0.1, 0.15) is 0 Å². The zero-order valence-corrected chi connectivity index (χ0v) is 14.3. The van der Waals surface area contributed by atoms with Crippen LogP contribution in [0.5, 0.6) is 11.5 Å². The van der Waals surface area contributed by atoms with Gasteiger partial charge in [-0.05, 0) is 54.0 Å². The molecule has 1 atom stereocenters. The van der Waals surface area contributed by atoms with Gasteiger partial charge in [-0.1, -0.05) is 32.4 Å². The lowest BCUT2D eigenvalue weighted by Gasteiger charge is -2.33. The molecule has 1 aliphatic rings. The van der Waals surface area contributed by atoms with Gasteiger partial charge in [-0.15, -0.1) is 0 Å². The van der Waals surface area contributed by atoms with Crippen LogP contribution in [0.1, 0.15) is 45.6 Å². The number of hydrogen-bond donors (Lipinski definition) is 1. The van der Waals surface area contributed by atoms with Crippen LogP contribution in [-0.2, 0) is 4.79 Å². The van der Waals surface area contributed by atoms with E-state index >= 15 is 0 Å². The molecule has 0 unspecified atom stereocenters. The fraction of sp³-hybridized carbons (Fsp3) is 0.500. The first-order valence-corrected chi connectivity index (χ1v) is 7.93. The summed E-state index contributed by atoms with van der Waals surface area (Å²) >= 11 is 6.01. The van der Waals surface area contributed by atoms with E-state index in [-0.39, 0.29) is 27.9 Å². The minimum atomic E-state index is -0.0751. The molecule has 3 nitrogen and oxygen atoms in total. The van der Waals surface area contributed by atoms with Gasteiger partial charge in [0.05, 0.1) is 12.1 Å². The molecule has 1 N–H and O–H groups in total. The first-order valence-electron chi connectivity index (χ1n) is 7.55. The number of phenols is 1. The number of allylic oxidation sites excluding steroid dienone is 1. The quantitative estimate of drug-likeness (QED) is 0.791. The van der Waals surface area contributed by atoms with E-state index in [1.54, 1.807) is 12.1 Å². The molecule has 1 saturated carbocycles. The standard InChI is InChI=1S/C18H23ClO3/c1-18(2,3)13-7-5-6-12(16(13)20)8-11-9-14(19)17(21)15(10-11)22-4/h8-10,13,21H,5-7H2,1-4H3/b12-8+/t13-/m1/s1. The third-order valence-electron chi connectivity index (χ3n) is 4.23. The number of ether oxygens (including phenoxy) is 1. The monoisotopic (exact) mass is 322 g/mol. The maximum atomic E-state index is 12.7. The number of methoxy groups -OCH3 is 1. The van der Waals surface area contributed by atoms with Crippen molar-refractivity contribution in [1.82, 2.24) is 0 Å². The van der Waals surface area contributed by atoms with Gasteiger partial charge < -0.3 is 9.84 Å². The minimum absolute atomic E-state index is 0.0269. The van der Waals surface area contributed by atoms with E-state index in [1.165, 1.54) is 7.11 Å². The molecule has 2 rings (SSSR count). The van der Waals surface area contributed by atoms with E-state index in [0.717, 1.165) is 30.4 Å². The molecule has 22 heavy (non-hydrogen) atoms. The van der Waals surface area contributed by atoms with E-state index in [9.17, 15) is 9.90 Å². The number of aromatic hydroxyl groups is 1. The normalized spacial score (nSPS) is 21.2. The number of phenolic OH excluding ortho intramolecular Hbond substituents is 1. The Morgan fingerprint density at radius 3 is 2.64 bits per heavy atom. The number of hydrogen-bond acceptors (Lipinski definition) is 3. The average Bonchev–Trinajstić information content (AvgIpc) is 2.43. The highest BCUT2D eigenvalue weighted by Crippen LogP contribution is 2.39. The van der Waals surface area contributed by atoms with E-state index < -0.39 is 0 Å². The second-order valence-electron chi connectivity index (χ2n) is 6.90. The third kappa shape index (κ3) is 3.46. The molecule has 4 heteroatoms. The van der Waals surface area contributed by atoms with E-state index in [1.807, 2.05) is 6.08 Å². The lowest BCUT2D eigenvalue weighted by atomic mass is 9.70. The van der Waals surface area contributed by atoms with Crippen LogP contribution in [0, 0.1) is 11.3 Å². The zero-order chi connectivity index (χ0) is 16.5. The summed E-state index contributed by atoms with van der Waals surface area (Å²) in [5.74, 6) is 0.521. The van der Waals surface area contributed by atoms with E-state index in [4.69, 9.17) is 16.3 Å². The van der Waals surface area contributed by atoms with Crippen molar-refractivity contribution in [3.05, 3.63) is 28.3 Å². The van der Waals surface area contributed by atoms with Crippen LogP contribution in [0.25, 0.3) is 6.08 Å². The Morgan fingerprint density at radius 2 is 2.05 bits per heavy atom. The largest absolute Gasteiger partial charge is 0.503 e. The van der Waals surface area contributed by atoms with Crippen LogP contribution >= 0.6 is 11.6 Å². The molecule has 1 fully saturated rings. The van der Waals surface area contributed by atoms with Crippen molar-refractivity contribution in [3.63, 3.8) is 0 Å². The summed E-state index contributed by atoms with van der Waals surface area (Å²) in [6.07, 6.45) is 4.61. The number of carbonyl (C=O) groups is 1. The second kappa shape index (κ2) is 6.33. The number of halogens is 1. The number of rotatable bonds is 2. The van der Waals surface area contributed by atoms with Crippen LogP contribution in [0.2, 0.25) is 5.02 Å². The van der Waals surface area contributed by atoms with E-state index in [0.29, 0.717) is 5.75 Å². The van der Waals surface area contributed by atoms with Gasteiger partial charge in [0.15, 0.2) is 17.3 Å². The van der Waals surface area contributed by atoms with Gasteiger partial charge in [-0.3, -0.25) is 4.79 Å².